The Hall–Kier alpha value is -2.09. The number of rotatable bonds is 4. The number of nitrogens with one attached hydrogen (secondary N) is 1. The minimum Gasteiger partial charge on any atom is -0.444 e. The molecule has 160 valence electrons. The fourth-order valence-electron chi connectivity index (χ4n) is 3.62. The highest BCUT2D eigenvalue weighted by atomic mass is 127. The number of nitrogens with zero attached hydrogens (tertiary/aromatic N) is 1. The summed E-state index contributed by atoms with van der Waals surface area (Å²) in [6.45, 7) is 8.76. The van der Waals surface area contributed by atoms with Crippen molar-refractivity contribution in [3.05, 3.63) is 68.3 Å². The molecular formula is C24H29IN2O3. The van der Waals surface area contributed by atoms with E-state index in [1.54, 1.807) is 0 Å². The average molecular weight is 520 g/mol. The second kappa shape index (κ2) is 9.37. The van der Waals surface area contributed by atoms with Crippen LogP contribution in [0.4, 0.5) is 4.79 Å². The van der Waals surface area contributed by atoms with Gasteiger partial charge >= 0.3 is 6.09 Å². The van der Waals surface area contributed by atoms with Crippen LogP contribution in [0.1, 0.15) is 54.7 Å². The highest BCUT2D eigenvalue weighted by molar-refractivity contribution is 14.1. The second-order valence-corrected chi connectivity index (χ2v) is 9.91. The maximum absolute atomic E-state index is 13.2. The molecule has 0 fully saturated rings. The highest BCUT2D eigenvalue weighted by Gasteiger charge is 2.28. The van der Waals surface area contributed by atoms with Crippen LogP contribution >= 0.6 is 22.6 Å². The number of hydrogen-bond acceptors (Lipinski definition) is 3. The third-order valence-corrected chi connectivity index (χ3v) is 6.01. The molecule has 0 spiro atoms. The van der Waals surface area contributed by atoms with Gasteiger partial charge in [-0.05, 0) is 92.0 Å². The molecule has 1 N–H and O–H groups in total. The largest absolute Gasteiger partial charge is 0.444 e. The molecular weight excluding hydrogens is 491 g/mol. The van der Waals surface area contributed by atoms with E-state index in [1.165, 1.54) is 11.1 Å². The predicted molar refractivity (Wildman–Crippen MR) is 127 cm³/mol. The van der Waals surface area contributed by atoms with Gasteiger partial charge in [-0.15, -0.1) is 0 Å². The fraction of sp³-hybridized carbons (Fsp3) is 0.417. The van der Waals surface area contributed by atoms with Gasteiger partial charge in [-0.1, -0.05) is 30.3 Å². The lowest BCUT2D eigenvalue weighted by Gasteiger charge is -2.35. The van der Waals surface area contributed by atoms with Crippen LogP contribution in [0.3, 0.4) is 0 Å². The zero-order chi connectivity index (χ0) is 21.9. The Morgan fingerprint density at radius 1 is 1.17 bits per heavy atom. The van der Waals surface area contributed by atoms with Gasteiger partial charge in [-0.2, -0.15) is 0 Å². The summed E-state index contributed by atoms with van der Waals surface area (Å²) in [6.07, 6.45) is 1.15. The van der Waals surface area contributed by atoms with Crippen LogP contribution in [0.2, 0.25) is 0 Å². The van der Waals surface area contributed by atoms with Crippen molar-refractivity contribution < 1.29 is 14.3 Å². The Morgan fingerprint density at radius 2 is 1.87 bits per heavy atom. The smallest absolute Gasteiger partial charge is 0.407 e. The van der Waals surface area contributed by atoms with E-state index in [2.05, 4.69) is 53.0 Å². The summed E-state index contributed by atoms with van der Waals surface area (Å²) in [5, 5.41) is 2.77. The third kappa shape index (κ3) is 5.74. The molecule has 2 amide bonds. The van der Waals surface area contributed by atoms with E-state index >= 15 is 0 Å². The minimum absolute atomic E-state index is 0.0693. The fourth-order valence-corrected chi connectivity index (χ4v) is 4.43. The summed E-state index contributed by atoms with van der Waals surface area (Å²) >= 11 is 2.23. The molecule has 0 aliphatic carbocycles. The summed E-state index contributed by atoms with van der Waals surface area (Å²) in [7, 11) is 0. The van der Waals surface area contributed by atoms with Crippen molar-refractivity contribution in [3.63, 3.8) is 0 Å². The van der Waals surface area contributed by atoms with Gasteiger partial charge in [-0.25, -0.2) is 4.79 Å². The number of amides is 2. The van der Waals surface area contributed by atoms with E-state index in [0.717, 1.165) is 21.1 Å². The molecule has 1 aliphatic rings. The first-order chi connectivity index (χ1) is 14.1. The standard InChI is InChI=1S/C24H29IN2O3/c1-16-13-18-7-5-6-8-19(18)15-27(16)22(28)20-10-9-17(14-21(20)25)11-12-26-23(29)30-24(2,3)4/h5-10,14,16H,11-13,15H2,1-4H3,(H,26,29)/t16-/m1/s1. The Morgan fingerprint density at radius 3 is 2.53 bits per heavy atom. The number of alkyl carbamates (subject to hydrolysis) is 1. The van der Waals surface area contributed by atoms with Crippen molar-refractivity contribution in [3.8, 4) is 0 Å². The maximum Gasteiger partial charge on any atom is 0.407 e. The van der Waals surface area contributed by atoms with Gasteiger partial charge < -0.3 is 15.0 Å². The van der Waals surface area contributed by atoms with E-state index in [-0.39, 0.29) is 11.9 Å². The maximum atomic E-state index is 13.2. The lowest BCUT2D eigenvalue weighted by molar-refractivity contribution is 0.0528. The number of benzene rings is 2. The number of hydrogen-bond donors (Lipinski definition) is 1. The molecule has 2 aromatic carbocycles. The Kier molecular flexibility index (Phi) is 7.06. The summed E-state index contributed by atoms with van der Waals surface area (Å²) in [5.41, 5.74) is 3.85. The molecule has 3 rings (SSSR count). The van der Waals surface area contributed by atoms with Gasteiger partial charge in [-0.3, -0.25) is 4.79 Å². The first-order valence-electron chi connectivity index (χ1n) is 10.3. The topological polar surface area (TPSA) is 58.6 Å². The summed E-state index contributed by atoms with van der Waals surface area (Å²) < 4.78 is 6.18. The number of fused-ring (bicyclic) bond motifs is 1. The van der Waals surface area contributed by atoms with Gasteiger partial charge in [0.1, 0.15) is 5.60 Å². The van der Waals surface area contributed by atoms with E-state index < -0.39 is 11.7 Å². The molecule has 30 heavy (non-hydrogen) atoms. The summed E-state index contributed by atoms with van der Waals surface area (Å²) in [4.78, 5) is 27.0. The molecule has 0 unspecified atom stereocenters. The summed E-state index contributed by atoms with van der Waals surface area (Å²) in [6, 6.07) is 14.4. The van der Waals surface area contributed by atoms with Crippen LogP contribution in [0, 0.1) is 3.57 Å². The van der Waals surface area contributed by atoms with Crippen LogP contribution in [0.5, 0.6) is 0 Å². The Balaban J connectivity index is 1.62. The van der Waals surface area contributed by atoms with E-state index in [9.17, 15) is 9.59 Å². The van der Waals surface area contributed by atoms with E-state index in [0.29, 0.717) is 19.5 Å². The van der Waals surface area contributed by atoms with Gasteiger partial charge in [0, 0.05) is 22.7 Å². The normalized spacial score (nSPS) is 16.0. The first-order valence-corrected chi connectivity index (χ1v) is 11.3. The molecule has 0 radical (unpaired) electrons. The third-order valence-electron chi connectivity index (χ3n) is 5.11. The molecule has 1 heterocycles. The summed E-state index contributed by atoms with van der Waals surface area (Å²) in [5.74, 6) is 0.0693. The van der Waals surface area contributed by atoms with Gasteiger partial charge in [0.25, 0.3) is 5.91 Å². The van der Waals surface area contributed by atoms with Crippen molar-refractivity contribution in [2.24, 2.45) is 0 Å². The second-order valence-electron chi connectivity index (χ2n) is 8.75. The van der Waals surface area contributed by atoms with Gasteiger partial charge in [0.2, 0.25) is 0 Å². The lowest BCUT2D eigenvalue weighted by atomic mass is 9.94. The Bertz CT molecular complexity index is 936. The molecule has 0 bridgehead atoms. The predicted octanol–water partition coefficient (Wildman–Crippen LogP) is 4.95. The highest BCUT2D eigenvalue weighted by Crippen LogP contribution is 2.26. The zero-order valence-corrected chi connectivity index (χ0v) is 20.2. The number of halogens is 1. The van der Waals surface area contributed by atoms with Crippen LogP contribution in [-0.4, -0.2) is 35.1 Å². The van der Waals surface area contributed by atoms with Crippen LogP contribution in [0.25, 0.3) is 0 Å². The van der Waals surface area contributed by atoms with Crippen molar-refractivity contribution >= 4 is 34.6 Å². The van der Waals surface area contributed by atoms with Gasteiger partial charge in [0.05, 0.1) is 5.56 Å². The van der Waals surface area contributed by atoms with Crippen LogP contribution in [-0.2, 0) is 24.1 Å². The van der Waals surface area contributed by atoms with Crippen LogP contribution in [0.15, 0.2) is 42.5 Å². The first kappa shape index (κ1) is 22.6. The molecule has 6 heteroatoms. The van der Waals surface area contributed by atoms with Crippen molar-refractivity contribution in [2.75, 3.05) is 6.54 Å². The molecule has 0 saturated carbocycles. The SMILES string of the molecule is C[C@@H]1Cc2ccccc2CN1C(=O)c1ccc(CCNC(=O)OC(C)(C)C)cc1I. The van der Waals surface area contributed by atoms with Crippen LogP contribution < -0.4 is 5.32 Å². The van der Waals surface area contributed by atoms with Crippen molar-refractivity contribution in [2.45, 2.75) is 58.7 Å². The molecule has 1 aliphatic heterocycles. The molecule has 1 atom stereocenters. The van der Waals surface area contributed by atoms with Crippen molar-refractivity contribution in [1.82, 2.24) is 10.2 Å². The molecule has 5 nitrogen and oxygen atoms in total. The lowest BCUT2D eigenvalue weighted by Crippen LogP contribution is -2.42. The number of ether oxygens (including phenoxy) is 1. The number of carbonyl (C=O) groups is 2. The van der Waals surface area contributed by atoms with Crippen molar-refractivity contribution in [1.29, 1.82) is 0 Å². The van der Waals surface area contributed by atoms with Gasteiger partial charge in [0.15, 0.2) is 0 Å². The Labute approximate surface area is 192 Å². The molecule has 0 saturated heterocycles. The average Bonchev–Trinajstić information content (AvgIpc) is 2.65. The number of carbonyl (C=O) groups excluding carboxylic acids is 2. The quantitative estimate of drug-likeness (QED) is 0.581. The van der Waals surface area contributed by atoms with E-state index in [4.69, 9.17) is 4.74 Å². The monoisotopic (exact) mass is 520 g/mol. The molecule has 2 aromatic rings. The van der Waals surface area contributed by atoms with E-state index in [1.807, 2.05) is 49.9 Å². The minimum atomic E-state index is -0.506. The zero-order valence-electron chi connectivity index (χ0n) is 18.0. The molecule has 0 aromatic heterocycles.